The summed E-state index contributed by atoms with van der Waals surface area (Å²) in [7, 11) is 1.66. The SMILES string of the molecule is CCc1ccc(C(=O)N2CCN(Cc3cn(-c4cc(C)nc5ccc(OC)cc45)nn3)CC2)cc1. The summed E-state index contributed by atoms with van der Waals surface area (Å²) in [6.45, 7) is 7.81. The second-order valence-electron chi connectivity index (χ2n) is 8.94. The molecule has 5 rings (SSSR count). The molecule has 1 saturated heterocycles. The zero-order valence-electron chi connectivity index (χ0n) is 20.4. The van der Waals surface area contributed by atoms with Crippen molar-refractivity contribution in [1.29, 1.82) is 0 Å². The maximum absolute atomic E-state index is 12.9. The van der Waals surface area contributed by atoms with E-state index >= 15 is 0 Å². The molecule has 0 bridgehead atoms. The summed E-state index contributed by atoms with van der Waals surface area (Å²) in [5.41, 5.74) is 5.63. The third-order valence-corrected chi connectivity index (χ3v) is 6.56. The third-order valence-electron chi connectivity index (χ3n) is 6.56. The fraction of sp³-hybridized carbons (Fsp3) is 0.333. The lowest BCUT2D eigenvalue weighted by atomic mass is 10.1. The average molecular weight is 471 g/mol. The van der Waals surface area contributed by atoms with E-state index in [9.17, 15) is 4.79 Å². The van der Waals surface area contributed by atoms with Crippen LogP contribution in [0.15, 0.2) is 54.7 Å². The molecule has 0 unspecified atom stereocenters. The standard InChI is InChI=1S/C27H30N6O2/c1-4-20-5-7-21(8-6-20)27(34)32-13-11-31(12-14-32)17-22-18-33(30-29-22)26-15-19(2)28-25-10-9-23(35-3)16-24(25)26/h5-10,15-16,18H,4,11-14,17H2,1-3H3. The Morgan fingerprint density at radius 2 is 1.80 bits per heavy atom. The number of nitrogens with zero attached hydrogens (tertiary/aromatic N) is 6. The fourth-order valence-corrected chi connectivity index (χ4v) is 4.52. The molecule has 35 heavy (non-hydrogen) atoms. The van der Waals surface area contributed by atoms with Gasteiger partial charge >= 0.3 is 0 Å². The maximum Gasteiger partial charge on any atom is 0.253 e. The van der Waals surface area contributed by atoms with E-state index in [2.05, 4.69) is 27.1 Å². The van der Waals surface area contributed by atoms with Gasteiger partial charge in [0.15, 0.2) is 0 Å². The second-order valence-corrected chi connectivity index (χ2v) is 8.94. The van der Waals surface area contributed by atoms with Crippen LogP contribution in [0.25, 0.3) is 16.6 Å². The van der Waals surface area contributed by atoms with Crippen molar-refractivity contribution in [3.05, 3.63) is 77.2 Å². The average Bonchev–Trinajstić information content (AvgIpc) is 3.36. The maximum atomic E-state index is 12.9. The van der Waals surface area contributed by atoms with Crippen molar-refractivity contribution in [2.24, 2.45) is 0 Å². The summed E-state index contributed by atoms with van der Waals surface area (Å²) in [5.74, 6) is 0.882. The quantitative estimate of drug-likeness (QED) is 0.428. The van der Waals surface area contributed by atoms with Crippen molar-refractivity contribution in [3.8, 4) is 11.4 Å². The van der Waals surface area contributed by atoms with Crippen molar-refractivity contribution >= 4 is 16.8 Å². The zero-order chi connectivity index (χ0) is 24.4. The summed E-state index contributed by atoms with van der Waals surface area (Å²) >= 11 is 0. The summed E-state index contributed by atoms with van der Waals surface area (Å²) in [4.78, 5) is 21.8. The highest BCUT2D eigenvalue weighted by molar-refractivity contribution is 5.94. The molecule has 8 heteroatoms. The minimum absolute atomic E-state index is 0.105. The van der Waals surface area contributed by atoms with Crippen molar-refractivity contribution in [1.82, 2.24) is 29.8 Å². The number of carbonyl (C=O) groups is 1. The molecule has 3 heterocycles. The van der Waals surface area contributed by atoms with Gasteiger partial charge in [-0.05, 0) is 55.3 Å². The van der Waals surface area contributed by atoms with E-state index in [1.54, 1.807) is 7.11 Å². The Balaban J connectivity index is 1.25. The molecule has 180 valence electrons. The molecule has 0 N–H and O–H groups in total. The first kappa shape index (κ1) is 23.0. The van der Waals surface area contributed by atoms with E-state index in [0.717, 1.165) is 58.8 Å². The van der Waals surface area contributed by atoms with Crippen molar-refractivity contribution in [2.45, 2.75) is 26.8 Å². The van der Waals surface area contributed by atoms with E-state index in [1.807, 2.05) is 71.2 Å². The van der Waals surface area contributed by atoms with Crippen LogP contribution in [-0.2, 0) is 13.0 Å². The Kier molecular flexibility index (Phi) is 6.46. The van der Waals surface area contributed by atoms with Crippen LogP contribution in [0, 0.1) is 6.92 Å². The highest BCUT2D eigenvalue weighted by Gasteiger charge is 2.23. The van der Waals surface area contributed by atoms with E-state index in [-0.39, 0.29) is 5.91 Å². The molecule has 0 atom stereocenters. The second kappa shape index (κ2) is 9.84. The molecule has 0 saturated carbocycles. The molecule has 4 aromatic rings. The molecule has 0 spiro atoms. The van der Waals surface area contributed by atoms with Gasteiger partial charge in [0.25, 0.3) is 5.91 Å². The Morgan fingerprint density at radius 1 is 1.03 bits per heavy atom. The van der Waals surface area contributed by atoms with Crippen LogP contribution >= 0.6 is 0 Å². The normalized spacial score (nSPS) is 14.4. The number of benzene rings is 2. The van der Waals surface area contributed by atoms with Crippen LogP contribution in [0.3, 0.4) is 0 Å². The van der Waals surface area contributed by atoms with Crippen LogP contribution in [0.5, 0.6) is 5.75 Å². The van der Waals surface area contributed by atoms with Crippen LogP contribution in [0.1, 0.15) is 34.2 Å². The van der Waals surface area contributed by atoms with Gasteiger partial charge in [-0.3, -0.25) is 14.7 Å². The van der Waals surface area contributed by atoms with Crippen LogP contribution in [0.2, 0.25) is 0 Å². The van der Waals surface area contributed by atoms with Crippen LogP contribution in [-0.4, -0.2) is 69.0 Å². The number of hydrogen-bond donors (Lipinski definition) is 0. The lowest BCUT2D eigenvalue weighted by molar-refractivity contribution is 0.0627. The number of ether oxygens (including phenoxy) is 1. The number of aromatic nitrogens is 4. The van der Waals surface area contributed by atoms with Crippen molar-refractivity contribution in [3.63, 3.8) is 0 Å². The fourth-order valence-electron chi connectivity index (χ4n) is 4.52. The molecular weight excluding hydrogens is 440 g/mol. The molecule has 1 amide bonds. The Bertz CT molecular complexity index is 1340. The molecular formula is C27H30N6O2. The predicted molar refractivity (Wildman–Crippen MR) is 135 cm³/mol. The zero-order valence-corrected chi connectivity index (χ0v) is 20.4. The highest BCUT2D eigenvalue weighted by Crippen LogP contribution is 2.26. The van der Waals surface area contributed by atoms with E-state index < -0.39 is 0 Å². The minimum atomic E-state index is 0.105. The van der Waals surface area contributed by atoms with Crippen molar-refractivity contribution < 1.29 is 9.53 Å². The molecule has 0 aliphatic carbocycles. The summed E-state index contributed by atoms with van der Waals surface area (Å²) in [6.07, 6.45) is 2.95. The van der Waals surface area contributed by atoms with Gasteiger partial charge < -0.3 is 9.64 Å². The number of fused-ring (bicyclic) bond motifs is 1. The number of aryl methyl sites for hydroxylation is 2. The number of methoxy groups -OCH3 is 1. The number of pyridine rings is 1. The monoisotopic (exact) mass is 470 g/mol. The number of rotatable bonds is 6. The molecule has 2 aromatic carbocycles. The predicted octanol–water partition coefficient (Wildman–Crippen LogP) is 3.65. The molecule has 1 fully saturated rings. The Morgan fingerprint density at radius 3 is 2.51 bits per heavy atom. The van der Waals surface area contributed by atoms with Gasteiger partial charge in [0.1, 0.15) is 5.75 Å². The summed E-state index contributed by atoms with van der Waals surface area (Å²) < 4.78 is 7.22. The van der Waals surface area contributed by atoms with Gasteiger partial charge in [0.2, 0.25) is 0 Å². The first-order valence-electron chi connectivity index (χ1n) is 12.0. The summed E-state index contributed by atoms with van der Waals surface area (Å²) in [6, 6.07) is 15.8. The Hall–Kier alpha value is -3.78. The molecule has 1 aliphatic rings. The number of amides is 1. The first-order valence-corrected chi connectivity index (χ1v) is 12.0. The smallest absolute Gasteiger partial charge is 0.253 e. The largest absolute Gasteiger partial charge is 0.497 e. The van der Waals surface area contributed by atoms with Gasteiger partial charge in [0.05, 0.1) is 30.2 Å². The summed E-state index contributed by atoms with van der Waals surface area (Å²) in [5, 5.41) is 9.79. The third kappa shape index (κ3) is 4.88. The number of hydrogen-bond acceptors (Lipinski definition) is 6. The van der Waals surface area contributed by atoms with Gasteiger partial charge in [-0.1, -0.05) is 24.3 Å². The van der Waals surface area contributed by atoms with Gasteiger partial charge in [-0.15, -0.1) is 5.10 Å². The van der Waals surface area contributed by atoms with Gasteiger partial charge in [0, 0.05) is 49.4 Å². The topological polar surface area (TPSA) is 76.4 Å². The number of carbonyl (C=O) groups excluding carboxylic acids is 1. The van der Waals surface area contributed by atoms with E-state index in [1.165, 1.54) is 5.56 Å². The highest BCUT2D eigenvalue weighted by atomic mass is 16.5. The van der Waals surface area contributed by atoms with Crippen LogP contribution in [0.4, 0.5) is 0 Å². The van der Waals surface area contributed by atoms with Crippen LogP contribution < -0.4 is 4.74 Å². The van der Waals surface area contributed by atoms with Gasteiger partial charge in [-0.2, -0.15) is 0 Å². The number of piperazine rings is 1. The lowest BCUT2D eigenvalue weighted by Crippen LogP contribution is -2.48. The molecule has 8 nitrogen and oxygen atoms in total. The molecule has 0 radical (unpaired) electrons. The Labute approximate surface area is 205 Å². The molecule has 1 aliphatic heterocycles. The van der Waals surface area contributed by atoms with E-state index in [0.29, 0.717) is 19.6 Å². The van der Waals surface area contributed by atoms with Gasteiger partial charge in [-0.25, -0.2) is 4.68 Å². The lowest BCUT2D eigenvalue weighted by Gasteiger charge is -2.34. The minimum Gasteiger partial charge on any atom is -0.497 e. The first-order chi connectivity index (χ1) is 17.0. The van der Waals surface area contributed by atoms with Crippen molar-refractivity contribution in [2.75, 3.05) is 33.3 Å². The molecule has 2 aromatic heterocycles. The van der Waals surface area contributed by atoms with E-state index in [4.69, 9.17) is 4.74 Å².